The van der Waals surface area contributed by atoms with Crippen molar-refractivity contribution in [3.63, 3.8) is 0 Å². The highest BCUT2D eigenvalue weighted by Gasteiger charge is 2.18. The van der Waals surface area contributed by atoms with Crippen LogP contribution in [0.3, 0.4) is 0 Å². The van der Waals surface area contributed by atoms with Gasteiger partial charge in [0.25, 0.3) is 0 Å². The first kappa shape index (κ1) is 15.7. The van der Waals surface area contributed by atoms with Crippen LogP contribution in [0.1, 0.15) is 43.9 Å². The van der Waals surface area contributed by atoms with Crippen molar-refractivity contribution in [1.82, 2.24) is 9.97 Å². The number of hydrogen-bond donors (Lipinski definition) is 3. The molecule has 0 saturated carbocycles. The fourth-order valence-corrected chi connectivity index (χ4v) is 3.12. The van der Waals surface area contributed by atoms with Gasteiger partial charge in [-0.15, -0.1) is 11.3 Å². The van der Waals surface area contributed by atoms with Crippen molar-refractivity contribution >= 4 is 23.0 Å². The van der Waals surface area contributed by atoms with Gasteiger partial charge in [-0.05, 0) is 23.8 Å². The molecule has 114 valence electrons. The van der Waals surface area contributed by atoms with Crippen LogP contribution in [0.4, 0.5) is 11.6 Å². The van der Waals surface area contributed by atoms with Crippen LogP contribution >= 0.6 is 11.3 Å². The number of hydrazine groups is 1. The molecule has 0 amide bonds. The summed E-state index contributed by atoms with van der Waals surface area (Å²) in [5.74, 6) is 8.23. The summed E-state index contributed by atoms with van der Waals surface area (Å²) >= 11 is 1.76. The van der Waals surface area contributed by atoms with Gasteiger partial charge in [0.2, 0.25) is 0 Å². The van der Waals surface area contributed by atoms with Crippen molar-refractivity contribution in [2.24, 2.45) is 11.8 Å². The molecule has 0 radical (unpaired) electrons. The second-order valence-corrected chi connectivity index (χ2v) is 6.31. The minimum atomic E-state index is 0.236. The van der Waals surface area contributed by atoms with E-state index in [0.717, 1.165) is 24.5 Å². The highest BCUT2D eigenvalue weighted by atomic mass is 32.1. The average molecular weight is 305 g/mol. The van der Waals surface area contributed by atoms with Gasteiger partial charge in [-0.3, -0.25) is 0 Å². The van der Waals surface area contributed by atoms with Crippen molar-refractivity contribution in [1.29, 1.82) is 0 Å². The molecule has 6 heteroatoms. The molecule has 0 aliphatic rings. The van der Waals surface area contributed by atoms with Gasteiger partial charge in [0.1, 0.15) is 17.5 Å². The Morgan fingerprint density at radius 3 is 2.62 bits per heavy atom. The Morgan fingerprint density at radius 2 is 2.05 bits per heavy atom. The molecule has 2 heterocycles. The SMILES string of the molecule is CCCc1nc(NN)cc(NC(c2cccs2)C(C)C)n1. The first-order valence-corrected chi connectivity index (χ1v) is 8.16. The Hall–Kier alpha value is -1.66. The monoisotopic (exact) mass is 305 g/mol. The van der Waals surface area contributed by atoms with Crippen molar-refractivity contribution in [2.75, 3.05) is 10.7 Å². The molecule has 5 nitrogen and oxygen atoms in total. The minimum Gasteiger partial charge on any atom is -0.362 e. The number of nitrogen functional groups attached to an aromatic ring is 1. The molecule has 1 unspecified atom stereocenters. The molecule has 21 heavy (non-hydrogen) atoms. The summed E-state index contributed by atoms with van der Waals surface area (Å²) in [6.07, 6.45) is 1.85. The Balaban J connectivity index is 2.25. The van der Waals surface area contributed by atoms with Crippen LogP contribution in [0, 0.1) is 5.92 Å². The lowest BCUT2D eigenvalue weighted by Crippen LogP contribution is -2.18. The van der Waals surface area contributed by atoms with Crippen LogP contribution in [0.5, 0.6) is 0 Å². The lowest BCUT2D eigenvalue weighted by Gasteiger charge is -2.22. The summed E-state index contributed by atoms with van der Waals surface area (Å²) < 4.78 is 0. The van der Waals surface area contributed by atoms with Crippen molar-refractivity contribution < 1.29 is 0 Å². The number of nitrogens with two attached hydrogens (primary N) is 1. The van der Waals surface area contributed by atoms with E-state index in [1.807, 2.05) is 6.07 Å². The van der Waals surface area contributed by atoms with Crippen molar-refractivity contribution in [2.45, 2.75) is 39.7 Å². The third kappa shape index (κ3) is 4.15. The van der Waals surface area contributed by atoms with E-state index in [0.29, 0.717) is 11.7 Å². The zero-order valence-corrected chi connectivity index (χ0v) is 13.6. The largest absolute Gasteiger partial charge is 0.362 e. The maximum absolute atomic E-state index is 5.50. The molecule has 1 atom stereocenters. The van der Waals surface area contributed by atoms with Crippen molar-refractivity contribution in [3.05, 3.63) is 34.3 Å². The Morgan fingerprint density at radius 1 is 1.29 bits per heavy atom. The van der Waals surface area contributed by atoms with E-state index in [-0.39, 0.29) is 6.04 Å². The third-order valence-corrected chi connectivity index (χ3v) is 4.17. The van der Waals surface area contributed by atoms with E-state index >= 15 is 0 Å². The maximum atomic E-state index is 5.50. The van der Waals surface area contributed by atoms with Crippen LogP contribution in [0.15, 0.2) is 23.6 Å². The molecular weight excluding hydrogens is 282 g/mol. The lowest BCUT2D eigenvalue weighted by atomic mass is 10.0. The topological polar surface area (TPSA) is 75.9 Å². The maximum Gasteiger partial charge on any atom is 0.145 e. The van der Waals surface area contributed by atoms with E-state index in [9.17, 15) is 0 Å². The number of aryl methyl sites for hydroxylation is 1. The Labute approximate surface area is 130 Å². The zero-order chi connectivity index (χ0) is 15.2. The van der Waals surface area contributed by atoms with Gasteiger partial charge in [0, 0.05) is 17.4 Å². The Kier molecular flexibility index (Phi) is 5.52. The highest BCUT2D eigenvalue weighted by molar-refractivity contribution is 7.10. The molecular formula is C15H23N5S. The summed E-state index contributed by atoms with van der Waals surface area (Å²) in [6.45, 7) is 6.52. The van der Waals surface area contributed by atoms with E-state index in [1.165, 1.54) is 4.88 Å². The first-order chi connectivity index (χ1) is 10.1. The third-order valence-electron chi connectivity index (χ3n) is 3.21. The predicted octanol–water partition coefficient (Wildman–Crippen LogP) is 3.59. The molecule has 0 aliphatic carbocycles. The summed E-state index contributed by atoms with van der Waals surface area (Å²) in [4.78, 5) is 10.3. The molecule has 2 aromatic heterocycles. The number of thiophene rings is 1. The standard InChI is InChI=1S/C15H23N5S/c1-4-6-12-17-13(9-14(18-12)20-16)19-15(10(2)3)11-7-5-8-21-11/h5,7-10,15H,4,6,16H2,1-3H3,(H2,17,18,19,20). The van der Waals surface area contributed by atoms with E-state index < -0.39 is 0 Å². The number of nitrogens with zero attached hydrogens (tertiary/aromatic N) is 2. The normalized spacial score (nSPS) is 12.4. The van der Waals surface area contributed by atoms with Crippen LogP contribution < -0.4 is 16.6 Å². The van der Waals surface area contributed by atoms with E-state index in [1.54, 1.807) is 11.3 Å². The van der Waals surface area contributed by atoms with Crippen LogP contribution in [0.25, 0.3) is 0 Å². The molecule has 2 aromatic rings. The van der Waals surface area contributed by atoms with E-state index in [2.05, 4.69) is 59.0 Å². The molecule has 4 N–H and O–H groups in total. The van der Waals surface area contributed by atoms with Gasteiger partial charge in [0.15, 0.2) is 0 Å². The van der Waals surface area contributed by atoms with Crippen LogP contribution in [-0.4, -0.2) is 9.97 Å². The van der Waals surface area contributed by atoms with Gasteiger partial charge in [-0.25, -0.2) is 15.8 Å². The number of hydrogen-bond acceptors (Lipinski definition) is 6. The summed E-state index contributed by atoms with van der Waals surface area (Å²) in [5, 5.41) is 5.62. The molecule has 0 aliphatic heterocycles. The van der Waals surface area contributed by atoms with Gasteiger partial charge in [-0.1, -0.05) is 26.8 Å². The molecule has 0 bridgehead atoms. The number of anilines is 2. The van der Waals surface area contributed by atoms with Crippen LogP contribution in [0.2, 0.25) is 0 Å². The smallest absolute Gasteiger partial charge is 0.145 e. The van der Waals surface area contributed by atoms with Gasteiger partial charge < -0.3 is 10.7 Å². The second kappa shape index (κ2) is 7.38. The lowest BCUT2D eigenvalue weighted by molar-refractivity contribution is 0.551. The average Bonchev–Trinajstić information content (AvgIpc) is 2.98. The quantitative estimate of drug-likeness (QED) is 0.538. The van der Waals surface area contributed by atoms with Gasteiger partial charge in [0.05, 0.1) is 6.04 Å². The zero-order valence-electron chi connectivity index (χ0n) is 12.8. The fraction of sp³-hybridized carbons (Fsp3) is 0.467. The Bertz CT molecular complexity index is 553. The van der Waals surface area contributed by atoms with Crippen molar-refractivity contribution in [3.8, 4) is 0 Å². The summed E-state index contributed by atoms with van der Waals surface area (Å²) in [5.41, 5.74) is 2.61. The summed E-state index contributed by atoms with van der Waals surface area (Å²) in [6, 6.07) is 6.31. The fourth-order valence-electron chi connectivity index (χ4n) is 2.17. The number of rotatable bonds is 7. The number of nitrogens with one attached hydrogen (secondary N) is 2. The minimum absolute atomic E-state index is 0.236. The molecule has 0 aromatic carbocycles. The molecule has 0 fully saturated rings. The number of aromatic nitrogens is 2. The molecule has 2 rings (SSSR count). The van der Waals surface area contributed by atoms with Gasteiger partial charge >= 0.3 is 0 Å². The highest BCUT2D eigenvalue weighted by Crippen LogP contribution is 2.29. The molecule has 0 spiro atoms. The summed E-state index contributed by atoms with van der Waals surface area (Å²) in [7, 11) is 0. The van der Waals surface area contributed by atoms with Gasteiger partial charge in [-0.2, -0.15) is 0 Å². The molecule has 0 saturated heterocycles. The second-order valence-electron chi connectivity index (χ2n) is 5.33. The van der Waals surface area contributed by atoms with E-state index in [4.69, 9.17) is 5.84 Å². The first-order valence-electron chi connectivity index (χ1n) is 7.28. The predicted molar refractivity (Wildman–Crippen MR) is 89.4 cm³/mol. The van der Waals surface area contributed by atoms with Crippen LogP contribution in [-0.2, 0) is 6.42 Å².